The number of hydrogen-bond donors (Lipinski definition) is 1. The molecule has 0 aromatic rings. The molecule has 4 aliphatic carbocycles. The van der Waals surface area contributed by atoms with E-state index in [1.54, 1.807) is 0 Å². The van der Waals surface area contributed by atoms with Crippen molar-refractivity contribution in [2.45, 2.75) is 123 Å². The maximum absolute atomic E-state index is 12.5. The van der Waals surface area contributed by atoms with Gasteiger partial charge >= 0.3 is 11.9 Å². The van der Waals surface area contributed by atoms with Crippen molar-refractivity contribution in [1.29, 1.82) is 0 Å². The number of carbonyl (C=O) groups is 2. The molecule has 0 radical (unpaired) electrons. The van der Waals surface area contributed by atoms with Crippen LogP contribution in [0.3, 0.4) is 0 Å². The van der Waals surface area contributed by atoms with Crippen LogP contribution in [0.4, 0.5) is 0 Å². The standard InChI is InChI=1S/C31H48O7/c1-16-11-26(34)31(35-15-16)17(2)28-25(38-31)13-24-22-8-7-20-12-21(36-18(3)32)9-10-29(20,5)23(22)14-27(30(24,28)6)37-19(4)33/h16-17,20-28,34H,7-15H2,1-6H3/t16-,17+,20+,21+,22-,23+,24+,25+,26-,27-,28+,29+,30-,31+/m1/s1. The highest BCUT2D eigenvalue weighted by molar-refractivity contribution is 5.66. The average molecular weight is 533 g/mol. The first-order chi connectivity index (χ1) is 17.9. The summed E-state index contributed by atoms with van der Waals surface area (Å²) in [5, 5.41) is 11.2. The summed E-state index contributed by atoms with van der Waals surface area (Å²) < 4.78 is 25.1. The van der Waals surface area contributed by atoms with Crippen molar-refractivity contribution in [3.8, 4) is 0 Å². The smallest absolute Gasteiger partial charge is 0.302 e. The fourth-order valence-electron chi connectivity index (χ4n) is 11.0. The number of carbonyl (C=O) groups excluding carboxylic acids is 2. The maximum Gasteiger partial charge on any atom is 0.302 e. The van der Waals surface area contributed by atoms with E-state index in [-0.39, 0.29) is 52.9 Å². The first kappa shape index (κ1) is 27.0. The lowest BCUT2D eigenvalue weighted by Crippen LogP contribution is -2.61. The van der Waals surface area contributed by atoms with Crippen molar-refractivity contribution in [1.82, 2.24) is 0 Å². The Bertz CT molecular complexity index is 968. The summed E-state index contributed by atoms with van der Waals surface area (Å²) in [4.78, 5) is 24.2. The van der Waals surface area contributed by atoms with Gasteiger partial charge in [0, 0.05) is 31.1 Å². The fourth-order valence-corrected chi connectivity index (χ4v) is 11.0. The molecular formula is C31H48O7. The highest BCUT2D eigenvalue weighted by atomic mass is 16.7. The lowest BCUT2D eigenvalue weighted by molar-refractivity contribution is -0.317. The van der Waals surface area contributed by atoms with Crippen LogP contribution in [0, 0.1) is 52.3 Å². The van der Waals surface area contributed by atoms with Crippen molar-refractivity contribution >= 4 is 11.9 Å². The molecule has 4 saturated carbocycles. The summed E-state index contributed by atoms with van der Waals surface area (Å²) >= 11 is 0. The first-order valence-corrected chi connectivity index (χ1v) is 15.2. The molecule has 0 aromatic carbocycles. The second kappa shape index (κ2) is 9.17. The second-order valence-corrected chi connectivity index (χ2v) is 14.5. The summed E-state index contributed by atoms with van der Waals surface area (Å²) in [5.74, 6) is 1.13. The van der Waals surface area contributed by atoms with E-state index in [4.69, 9.17) is 18.9 Å². The lowest BCUT2D eigenvalue weighted by Gasteiger charge is -2.62. The molecular weight excluding hydrogens is 484 g/mol. The van der Waals surface area contributed by atoms with Crippen molar-refractivity contribution in [2.75, 3.05) is 6.61 Å². The molecule has 214 valence electrons. The Kier molecular flexibility index (Phi) is 6.52. The van der Waals surface area contributed by atoms with E-state index < -0.39 is 11.9 Å². The molecule has 2 heterocycles. The topological polar surface area (TPSA) is 91.3 Å². The van der Waals surface area contributed by atoms with Crippen LogP contribution in [0.25, 0.3) is 0 Å². The van der Waals surface area contributed by atoms with E-state index in [0.29, 0.717) is 42.6 Å². The molecule has 38 heavy (non-hydrogen) atoms. The molecule has 7 heteroatoms. The maximum atomic E-state index is 12.5. The minimum Gasteiger partial charge on any atom is -0.463 e. The molecule has 0 amide bonds. The number of hydrogen-bond acceptors (Lipinski definition) is 7. The van der Waals surface area contributed by atoms with Gasteiger partial charge in [-0.1, -0.05) is 27.7 Å². The van der Waals surface area contributed by atoms with Gasteiger partial charge in [0.05, 0.1) is 12.7 Å². The molecule has 0 bridgehead atoms. The predicted molar refractivity (Wildman–Crippen MR) is 140 cm³/mol. The molecule has 0 unspecified atom stereocenters. The van der Waals surface area contributed by atoms with Gasteiger partial charge in [0.1, 0.15) is 18.3 Å². The number of rotatable bonds is 2. The van der Waals surface area contributed by atoms with E-state index >= 15 is 0 Å². The third-order valence-electron chi connectivity index (χ3n) is 12.6. The molecule has 6 aliphatic rings. The molecule has 7 nitrogen and oxygen atoms in total. The lowest BCUT2D eigenvalue weighted by atomic mass is 9.43. The Hall–Kier alpha value is -1.18. The highest BCUT2D eigenvalue weighted by Gasteiger charge is 2.73. The van der Waals surface area contributed by atoms with Gasteiger partial charge in [-0.15, -0.1) is 0 Å². The van der Waals surface area contributed by atoms with E-state index in [0.717, 1.165) is 38.5 Å². The van der Waals surface area contributed by atoms with Crippen LogP contribution in [0.2, 0.25) is 0 Å². The predicted octanol–water partition coefficient (Wildman–Crippen LogP) is 4.88. The summed E-state index contributed by atoms with van der Waals surface area (Å²) in [6, 6.07) is 0. The normalized spacial score (nSPS) is 55.4. The fraction of sp³-hybridized carbons (Fsp3) is 0.935. The zero-order valence-electron chi connectivity index (χ0n) is 24.1. The molecule has 1 N–H and O–H groups in total. The number of esters is 2. The largest absolute Gasteiger partial charge is 0.463 e. The van der Waals surface area contributed by atoms with E-state index in [2.05, 4.69) is 27.7 Å². The second-order valence-electron chi connectivity index (χ2n) is 14.5. The molecule has 2 aliphatic heterocycles. The Morgan fingerprint density at radius 3 is 2.34 bits per heavy atom. The van der Waals surface area contributed by atoms with Gasteiger partial charge < -0.3 is 24.1 Å². The monoisotopic (exact) mass is 532 g/mol. The molecule has 14 atom stereocenters. The van der Waals surface area contributed by atoms with E-state index in [1.165, 1.54) is 20.3 Å². The van der Waals surface area contributed by atoms with Crippen LogP contribution >= 0.6 is 0 Å². The SMILES string of the molecule is CC(=O)O[C@H]1CC[C@@]2(C)[C@@H](CC[C@@H]3[C@@H]2C[C@@H](OC(C)=O)[C@]2(C)[C@@H]4[C@H](C[C@@H]32)O[C@@]2(OC[C@H](C)C[C@H]2O)[C@H]4C)C1. The van der Waals surface area contributed by atoms with Gasteiger partial charge in [0.2, 0.25) is 0 Å². The molecule has 2 saturated heterocycles. The number of aliphatic hydroxyl groups excluding tert-OH is 1. The molecule has 0 aromatic heterocycles. The minimum atomic E-state index is -0.952. The third-order valence-corrected chi connectivity index (χ3v) is 12.6. The highest BCUT2D eigenvalue weighted by Crippen LogP contribution is 2.71. The van der Waals surface area contributed by atoms with E-state index in [1.807, 2.05) is 0 Å². The zero-order valence-corrected chi connectivity index (χ0v) is 24.1. The Labute approximate surface area is 227 Å². The summed E-state index contributed by atoms with van der Waals surface area (Å²) in [7, 11) is 0. The van der Waals surface area contributed by atoms with Gasteiger partial charge in [-0.05, 0) is 86.4 Å². The zero-order chi connectivity index (χ0) is 27.2. The summed E-state index contributed by atoms with van der Waals surface area (Å²) in [6.45, 7) is 12.8. The number of aliphatic hydroxyl groups is 1. The average Bonchev–Trinajstić information content (AvgIpc) is 3.29. The quantitative estimate of drug-likeness (QED) is 0.507. The van der Waals surface area contributed by atoms with Crippen molar-refractivity contribution in [3.63, 3.8) is 0 Å². The number of fused-ring (bicyclic) bond motifs is 7. The van der Waals surface area contributed by atoms with Gasteiger partial charge in [-0.25, -0.2) is 0 Å². The van der Waals surface area contributed by atoms with Crippen LogP contribution in [0.5, 0.6) is 0 Å². The molecule has 6 rings (SSSR count). The van der Waals surface area contributed by atoms with Gasteiger partial charge in [-0.3, -0.25) is 9.59 Å². The summed E-state index contributed by atoms with van der Waals surface area (Å²) in [6.07, 6.45) is 6.97. The molecule has 6 fully saturated rings. The van der Waals surface area contributed by atoms with Crippen LogP contribution in [0.15, 0.2) is 0 Å². The summed E-state index contributed by atoms with van der Waals surface area (Å²) in [5.41, 5.74) is -0.0613. The van der Waals surface area contributed by atoms with Crippen LogP contribution in [-0.4, -0.2) is 53.9 Å². The minimum absolute atomic E-state index is 0.00472. The van der Waals surface area contributed by atoms with Crippen molar-refractivity contribution < 1.29 is 33.6 Å². The van der Waals surface area contributed by atoms with Crippen LogP contribution < -0.4 is 0 Å². The Morgan fingerprint density at radius 1 is 0.921 bits per heavy atom. The molecule has 1 spiro atoms. The van der Waals surface area contributed by atoms with Crippen LogP contribution in [-0.2, 0) is 28.5 Å². The Balaban J connectivity index is 1.31. The van der Waals surface area contributed by atoms with E-state index in [9.17, 15) is 14.7 Å². The van der Waals surface area contributed by atoms with Crippen molar-refractivity contribution in [3.05, 3.63) is 0 Å². The van der Waals surface area contributed by atoms with Gasteiger partial charge in [0.25, 0.3) is 0 Å². The van der Waals surface area contributed by atoms with Crippen molar-refractivity contribution in [2.24, 2.45) is 52.3 Å². The Morgan fingerprint density at radius 2 is 1.66 bits per heavy atom. The van der Waals surface area contributed by atoms with Gasteiger partial charge in [-0.2, -0.15) is 0 Å². The first-order valence-electron chi connectivity index (χ1n) is 15.2. The van der Waals surface area contributed by atoms with Crippen LogP contribution in [0.1, 0.15) is 92.9 Å². The van der Waals surface area contributed by atoms with Gasteiger partial charge in [0.15, 0.2) is 5.79 Å². The third kappa shape index (κ3) is 3.77. The number of ether oxygens (including phenoxy) is 4.